The largest absolute Gasteiger partial charge is 0.507 e. The highest BCUT2D eigenvalue weighted by molar-refractivity contribution is 5.97. The van der Waals surface area contributed by atoms with Gasteiger partial charge in [-0.1, -0.05) is 133 Å². The number of phenolic OH excluding ortho intramolecular Hbond substituents is 1. The van der Waals surface area contributed by atoms with Crippen LogP contribution >= 0.6 is 0 Å². The summed E-state index contributed by atoms with van der Waals surface area (Å²) in [6, 6.07) is 46.7. The van der Waals surface area contributed by atoms with Crippen molar-refractivity contribution in [2.24, 2.45) is 0 Å². The molecule has 0 fully saturated rings. The van der Waals surface area contributed by atoms with Gasteiger partial charge in [0.05, 0.1) is 11.4 Å². The van der Waals surface area contributed by atoms with E-state index in [1.807, 2.05) is 18.3 Å². The quantitative estimate of drug-likeness (QED) is 0.197. The first kappa shape index (κ1) is 33.2. The molecular formula is C48H43N3O. The molecule has 1 N–H and O–H groups in total. The van der Waals surface area contributed by atoms with E-state index in [2.05, 4.69) is 173 Å². The zero-order valence-corrected chi connectivity index (χ0v) is 30.6. The predicted octanol–water partition coefficient (Wildman–Crippen LogP) is 12.5. The van der Waals surface area contributed by atoms with Crippen LogP contribution in [0.1, 0.15) is 52.7 Å². The fraction of sp³-hybridized carbons (Fsp3) is 0.167. The van der Waals surface area contributed by atoms with Gasteiger partial charge in [0, 0.05) is 45.6 Å². The van der Waals surface area contributed by atoms with Crippen LogP contribution in [0.2, 0.25) is 0 Å². The van der Waals surface area contributed by atoms with Crippen molar-refractivity contribution in [3.8, 4) is 61.8 Å². The molecule has 4 nitrogen and oxygen atoms in total. The number of aromatic nitrogens is 3. The smallest absolute Gasteiger partial charge is 0.145 e. The van der Waals surface area contributed by atoms with Crippen molar-refractivity contribution in [3.63, 3.8) is 0 Å². The van der Waals surface area contributed by atoms with Gasteiger partial charge in [0.15, 0.2) is 0 Å². The Bertz CT molecular complexity index is 2580. The molecule has 0 radical (unpaired) electrons. The lowest BCUT2D eigenvalue weighted by atomic mass is 9.78. The molecule has 0 saturated heterocycles. The highest BCUT2D eigenvalue weighted by Gasteiger charge is 2.29. The third-order valence-electron chi connectivity index (χ3n) is 10.0. The molecule has 52 heavy (non-hydrogen) atoms. The molecule has 5 aromatic carbocycles. The molecule has 0 saturated carbocycles. The molecule has 4 heteroatoms. The minimum atomic E-state index is -0.277. The Kier molecular flexibility index (Phi) is 8.06. The monoisotopic (exact) mass is 677 g/mol. The van der Waals surface area contributed by atoms with E-state index in [1.165, 1.54) is 0 Å². The van der Waals surface area contributed by atoms with Crippen molar-refractivity contribution in [2.45, 2.75) is 52.4 Å². The summed E-state index contributed by atoms with van der Waals surface area (Å²) in [6.07, 6.45) is 3.98. The van der Waals surface area contributed by atoms with Crippen LogP contribution in [-0.2, 0) is 10.8 Å². The van der Waals surface area contributed by atoms with E-state index >= 15 is 0 Å². The maximum absolute atomic E-state index is 12.1. The molecule has 0 unspecified atom stereocenters. The first-order valence-electron chi connectivity index (χ1n) is 18.0. The van der Waals surface area contributed by atoms with Crippen LogP contribution in [0, 0.1) is 0 Å². The van der Waals surface area contributed by atoms with Gasteiger partial charge in [0.2, 0.25) is 0 Å². The molecule has 3 aromatic heterocycles. The Morgan fingerprint density at radius 1 is 0.538 bits per heavy atom. The van der Waals surface area contributed by atoms with Crippen molar-refractivity contribution in [2.75, 3.05) is 0 Å². The van der Waals surface area contributed by atoms with Gasteiger partial charge in [-0.25, -0.2) is 4.98 Å². The molecule has 8 rings (SSSR count). The number of aromatic hydroxyl groups is 1. The highest BCUT2D eigenvalue weighted by atomic mass is 16.3. The summed E-state index contributed by atoms with van der Waals surface area (Å²) in [5, 5.41) is 14.4. The molecule has 0 aliphatic carbocycles. The lowest BCUT2D eigenvalue weighted by Gasteiger charge is -2.27. The zero-order chi connectivity index (χ0) is 36.2. The molecule has 0 bridgehead atoms. The fourth-order valence-electron chi connectivity index (χ4n) is 7.24. The standard InChI is InChI=1S/C48H43N3O/c1-47(2,3)37-29-40(45(52)41(30-37)48(4,5)6)43-44(33-19-11-8-12-20-33)51-25-15-22-39(46(51)50-43)35-26-34(31-16-9-7-10-17-31)27-36(28-35)42-38-21-14-13-18-32(38)23-24-49-42/h7-30,52H,1-6H3. The predicted molar refractivity (Wildman–Crippen MR) is 217 cm³/mol. The van der Waals surface area contributed by atoms with E-state index in [4.69, 9.17) is 9.97 Å². The Labute approximate surface area is 306 Å². The summed E-state index contributed by atoms with van der Waals surface area (Å²) in [4.78, 5) is 10.4. The molecular weight excluding hydrogens is 635 g/mol. The van der Waals surface area contributed by atoms with Crippen LogP contribution in [0.3, 0.4) is 0 Å². The minimum absolute atomic E-state index is 0.135. The van der Waals surface area contributed by atoms with Gasteiger partial charge in [0.1, 0.15) is 17.1 Å². The highest BCUT2D eigenvalue weighted by Crippen LogP contribution is 2.46. The van der Waals surface area contributed by atoms with Crippen LogP contribution < -0.4 is 0 Å². The van der Waals surface area contributed by atoms with E-state index in [-0.39, 0.29) is 16.6 Å². The number of nitrogens with zero attached hydrogens (tertiary/aromatic N) is 3. The average molecular weight is 678 g/mol. The fourth-order valence-corrected chi connectivity index (χ4v) is 7.24. The number of benzene rings is 5. The molecule has 256 valence electrons. The Hall–Kier alpha value is -6.00. The number of imidazole rings is 1. The third-order valence-corrected chi connectivity index (χ3v) is 10.0. The number of hydrogen-bond acceptors (Lipinski definition) is 3. The van der Waals surface area contributed by atoms with Crippen molar-refractivity contribution < 1.29 is 5.11 Å². The Morgan fingerprint density at radius 3 is 1.90 bits per heavy atom. The first-order chi connectivity index (χ1) is 25.0. The molecule has 0 spiro atoms. The number of fused-ring (bicyclic) bond motifs is 2. The van der Waals surface area contributed by atoms with Gasteiger partial charge in [0.25, 0.3) is 0 Å². The summed E-state index contributed by atoms with van der Waals surface area (Å²) in [7, 11) is 0. The lowest BCUT2D eigenvalue weighted by molar-refractivity contribution is 0.446. The van der Waals surface area contributed by atoms with Crippen LogP contribution in [0.15, 0.2) is 146 Å². The number of pyridine rings is 2. The number of phenols is 1. The minimum Gasteiger partial charge on any atom is -0.507 e. The van der Waals surface area contributed by atoms with Crippen LogP contribution in [0.5, 0.6) is 5.75 Å². The topological polar surface area (TPSA) is 50.4 Å². The molecule has 8 aromatic rings. The molecule has 0 amide bonds. The van der Waals surface area contributed by atoms with E-state index in [0.717, 1.165) is 83.6 Å². The van der Waals surface area contributed by atoms with Gasteiger partial charge in [-0.05, 0) is 80.9 Å². The second-order valence-corrected chi connectivity index (χ2v) is 15.8. The van der Waals surface area contributed by atoms with E-state index in [0.29, 0.717) is 0 Å². The summed E-state index contributed by atoms with van der Waals surface area (Å²) in [5.74, 6) is 0.276. The molecule has 0 aliphatic rings. The van der Waals surface area contributed by atoms with E-state index in [1.54, 1.807) is 0 Å². The lowest BCUT2D eigenvalue weighted by Crippen LogP contribution is -2.17. The van der Waals surface area contributed by atoms with Crippen LogP contribution in [0.4, 0.5) is 0 Å². The maximum atomic E-state index is 12.1. The molecule has 0 aliphatic heterocycles. The second kappa shape index (κ2) is 12.6. The zero-order valence-electron chi connectivity index (χ0n) is 30.6. The molecule has 0 atom stereocenters. The van der Waals surface area contributed by atoms with Crippen LogP contribution in [-0.4, -0.2) is 19.5 Å². The number of rotatable bonds is 5. The molecule has 3 heterocycles. The van der Waals surface area contributed by atoms with Crippen LogP contribution in [0.25, 0.3) is 72.4 Å². The number of hydrogen-bond donors (Lipinski definition) is 1. The summed E-state index contributed by atoms with van der Waals surface area (Å²) in [5.41, 5.74) is 12.2. The van der Waals surface area contributed by atoms with E-state index < -0.39 is 0 Å². The van der Waals surface area contributed by atoms with Gasteiger partial charge >= 0.3 is 0 Å². The van der Waals surface area contributed by atoms with Gasteiger partial charge in [-0.3, -0.25) is 9.38 Å². The van der Waals surface area contributed by atoms with E-state index in [9.17, 15) is 5.11 Å². The second-order valence-electron chi connectivity index (χ2n) is 15.8. The Morgan fingerprint density at radius 2 is 1.19 bits per heavy atom. The maximum Gasteiger partial charge on any atom is 0.145 e. The normalized spacial score (nSPS) is 12.1. The summed E-state index contributed by atoms with van der Waals surface area (Å²) >= 11 is 0. The summed E-state index contributed by atoms with van der Waals surface area (Å²) in [6.45, 7) is 13.1. The van der Waals surface area contributed by atoms with Crippen molar-refractivity contribution in [1.82, 2.24) is 14.4 Å². The van der Waals surface area contributed by atoms with Gasteiger partial charge < -0.3 is 5.11 Å². The summed E-state index contributed by atoms with van der Waals surface area (Å²) < 4.78 is 2.19. The van der Waals surface area contributed by atoms with Gasteiger partial charge in [-0.2, -0.15) is 0 Å². The van der Waals surface area contributed by atoms with Crippen molar-refractivity contribution >= 4 is 16.4 Å². The third kappa shape index (κ3) is 5.94. The van der Waals surface area contributed by atoms with Gasteiger partial charge in [-0.15, -0.1) is 0 Å². The first-order valence-corrected chi connectivity index (χ1v) is 18.0. The van der Waals surface area contributed by atoms with Crippen molar-refractivity contribution in [3.05, 3.63) is 157 Å². The Balaban J connectivity index is 1.44. The average Bonchev–Trinajstić information content (AvgIpc) is 3.54. The SMILES string of the molecule is CC(C)(C)c1cc(-c2nc3c(-c4cc(-c5ccccc5)cc(-c5nccc6ccccc56)c4)cccn3c2-c2ccccc2)c(O)c(C(C)(C)C)c1. The van der Waals surface area contributed by atoms with Crippen molar-refractivity contribution in [1.29, 1.82) is 0 Å².